The number of rotatable bonds is 12. The standard InChI is InChI=1S/C30H36N2O4/c1-22(2)28(23-9-7-6-8-10-23)29(24-11-15-27(16-12-24)36-21-34-5)30(33)31-25-13-17-26(18-14-25)35-20-19-32(3)4/h6-18,22H,19-21H2,1-5H3,(H,31,33)/b29-28+. The fraction of sp³-hybridized carbons (Fsp3) is 0.300. The molecule has 190 valence electrons. The van der Waals surface area contributed by atoms with Gasteiger partial charge in [0.05, 0.1) is 5.57 Å². The SMILES string of the molecule is COCOc1ccc(/C(C(=O)Nc2ccc(OCCN(C)C)cc2)=C(\c2ccccc2)C(C)C)cc1. The molecule has 0 atom stereocenters. The highest BCUT2D eigenvalue weighted by atomic mass is 16.7. The number of hydrogen-bond donors (Lipinski definition) is 1. The van der Waals surface area contributed by atoms with Gasteiger partial charge >= 0.3 is 0 Å². The molecule has 0 aromatic heterocycles. The molecule has 0 aliphatic carbocycles. The van der Waals surface area contributed by atoms with Gasteiger partial charge in [-0.2, -0.15) is 0 Å². The van der Waals surface area contributed by atoms with Crippen molar-refractivity contribution in [3.05, 3.63) is 90.0 Å². The molecule has 6 nitrogen and oxygen atoms in total. The topological polar surface area (TPSA) is 60.0 Å². The number of nitrogens with one attached hydrogen (secondary N) is 1. The fourth-order valence-corrected chi connectivity index (χ4v) is 3.81. The van der Waals surface area contributed by atoms with Gasteiger partial charge in [-0.15, -0.1) is 0 Å². The van der Waals surface area contributed by atoms with Crippen LogP contribution in [0.2, 0.25) is 0 Å². The summed E-state index contributed by atoms with van der Waals surface area (Å²) in [5.41, 5.74) is 4.13. The third-order valence-corrected chi connectivity index (χ3v) is 5.56. The molecule has 6 heteroatoms. The van der Waals surface area contributed by atoms with Gasteiger partial charge in [-0.1, -0.05) is 56.3 Å². The molecule has 1 N–H and O–H groups in total. The summed E-state index contributed by atoms with van der Waals surface area (Å²) >= 11 is 0. The molecular formula is C30H36N2O4. The number of hydrogen-bond acceptors (Lipinski definition) is 5. The van der Waals surface area contributed by atoms with E-state index in [0.29, 0.717) is 23.6 Å². The maximum absolute atomic E-state index is 13.8. The van der Waals surface area contributed by atoms with Crippen LogP contribution in [0, 0.1) is 5.92 Å². The lowest BCUT2D eigenvalue weighted by Crippen LogP contribution is -2.19. The Morgan fingerprint density at radius 2 is 1.44 bits per heavy atom. The predicted molar refractivity (Wildman–Crippen MR) is 146 cm³/mol. The molecule has 0 aliphatic rings. The highest BCUT2D eigenvalue weighted by Crippen LogP contribution is 2.34. The predicted octanol–water partition coefficient (Wildman–Crippen LogP) is 5.82. The quantitative estimate of drug-likeness (QED) is 0.198. The van der Waals surface area contributed by atoms with Crippen molar-refractivity contribution in [2.24, 2.45) is 5.92 Å². The normalized spacial score (nSPS) is 11.9. The minimum Gasteiger partial charge on any atom is -0.492 e. The van der Waals surface area contributed by atoms with E-state index in [1.165, 1.54) is 0 Å². The van der Waals surface area contributed by atoms with Gasteiger partial charge in [0.2, 0.25) is 0 Å². The Morgan fingerprint density at radius 3 is 2.03 bits per heavy atom. The minimum absolute atomic E-state index is 0.116. The van der Waals surface area contributed by atoms with Gasteiger partial charge in [0.25, 0.3) is 5.91 Å². The largest absolute Gasteiger partial charge is 0.492 e. The van der Waals surface area contributed by atoms with E-state index in [1.54, 1.807) is 7.11 Å². The molecule has 3 rings (SSSR count). The van der Waals surface area contributed by atoms with Gasteiger partial charge < -0.3 is 24.4 Å². The molecule has 0 heterocycles. The van der Waals surface area contributed by atoms with Crippen LogP contribution in [-0.4, -0.2) is 52.0 Å². The van der Waals surface area contributed by atoms with Gasteiger partial charge in [-0.25, -0.2) is 0 Å². The Balaban J connectivity index is 1.93. The van der Waals surface area contributed by atoms with E-state index in [2.05, 4.69) is 24.1 Å². The van der Waals surface area contributed by atoms with E-state index in [9.17, 15) is 4.79 Å². The Morgan fingerprint density at radius 1 is 0.833 bits per heavy atom. The highest BCUT2D eigenvalue weighted by Gasteiger charge is 2.21. The van der Waals surface area contributed by atoms with Crippen LogP contribution in [0.25, 0.3) is 11.1 Å². The number of carbonyl (C=O) groups is 1. The van der Waals surface area contributed by atoms with Crippen molar-refractivity contribution < 1.29 is 19.0 Å². The zero-order chi connectivity index (χ0) is 25.9. The molecule has 0 saturated heterocycles. The van der Waals surface area contributed by atoms with E-state index in [0.717, 1.165) is 29.0 Å². The third-order valence-electron chi connectivity index (χ3n) is 5.56. The summed E-state index contributed by atoms with van der Waals surface area (Å²) in [7, 11) is 5.60. The first-order valence-electron chi connectivity index (χ1n) is 12.1. The molecule has 0 spiro atoms. The molecule has 3 aromatic rings. The van der Waals surface area contributed by atoms with Crippen molar-refractivity contribution in [2.45, 2.75) is 13.8 Å². The van der Waals surface area contributed by atoms with Crippen molar-refractivity contribution in [3.63, 3.8) is 0 Å². The average molecular weight is 489 g/mol. The number of methoxy groups -OCH3 is 1. The molecule has 3 aromatic carbocycles. The van der Waals surface area contributed by atoms with Gasteiger partial charge in [0.1, 0.15) is 18.1 Å². The number of anilines is 1. The van der Waals surface area contributed by atoms with E-state index < -0.39 is 0 Å². The zero-order valence-corrected chi connectivity index (χ0v) is 21.8. The van der Waals surface area contributed by atoms with Crippen LogP contribution in [0.1, 0.15) is 25.0 Å². The van der Waals surface area contributed by atoms with Crippen LogP contribution in [0.4, 0.5) is 5.69 Å². The van der Waals surface area contributed by atoms with Crippen LogP contribution in [0.15, 0.2) is 78.9 Å². The molecule has 1 amide bonds. The number of likely N-dealkylation sites (N-methyl/N-ethyl adjacent to an activating group) is 1. The van der Waals surface area contributed by atoms with Crippen LogP contribution < -0.4 is 14.8 Å². The Bertz CT molecular complexity index is 1120. The summed E-state index contributed by atoms with van der Waals surface area (Å²) in [5.74, 6) is 1.39. The molecule has 0 radical (unpaired) electrons. The summed E-state index contributed by atoms with van der Waals surface area (Å²) in [6.07, 6.45) is 0. The van der Waals surface area contributed by atoms with E-state index in [1.807, 2.05) is 93.0 Å². The van der Waals surface area contributed by atoms with E-state index >= 15 is 0 Å². The Labute approximate surface area is 214 Å². The maximum Gasteiger partial charge on any atom is 0.256 e. The van der Waals surface area contributed by atoms with Crippen LogP contribution in [-0.2, 0) is 9.53 Å². The first kappa shape index (κ1) is 27.0. The lowest BCUT2D eigenvalue weighted by atomic mass is 9.87. The minimum atomic E-state index is -0.172. The molecule has 36 heavy (non-hydrogen) atoms. The smallest absolute Gasteiger partial charge is 0.256 e. The van der Waals surface area contributed by atoms with Gasteiger partial charge in [-0.3, -0.25) is 4.79 Å². The van der Waals surface area contributed by atoms with Crippen molar-refractivity contribution in [2.75, 3.05) is 46.5 Å². The first-order chi connectivity index (χ1) is 17.4. The third kappa shape index (κ3) is 7.70. The number of amides is 1. The number of allylic oxidation sites excluding steroid dienone is 1. The number of carbonyl (C=O) groups excluding carboxylic acids is 1. The average Bonchev–Trinajstić information content (AvgIpc) is 2.87. The number of ether oxygens (including phenoxy) is 3. The Kier molecular flexibility index (Phi) is 10.1. The molecule has 0 bridgehead atoms. The number of benzene rings is 3. The van der Waals surface area contributed by atoms with Crippen molar-refractivity contribution in [3.8, 4) is 11.5 Å². The van der Waals surface area contributed by atoms with Crippen molar-refractivity contribution in [1.29, 1.82) is 0 Å². The van der Waals surface area contributed by atoms with E-state index in [4.69, 9.17) is 14.2 Å². The lowest BCUT2D eigenvalue weighted by molar-refractivity contribution is -0.111. The molecule has 0 aliphatic heterocycles. The Hall–Kier alpha value is -3.61. The summed E-state index contributed by atoms with van der Waals surface area (Å²) in [6.45, 7) is 5.81. The summed E-state index contributed by atoms with van der Waals surface area (Å²) in [4.78, 5) is 15.8. The summed E-state index contributed by atoms with van der Waals surface area (Å²) in [6, 6.07) is 25.0. The number of nitrogens with zero attached hydrogens (tertiary/aromatic N) is 1. The van der Waals surface area contributed by atoms with Crippen molar-refractivity contribution >= 4 is 22.7 Å². The summed E-state index contributed by atoms with van der Waals surface area (Å²) in [5, 5.41) is 3.08. The van der Waals surface area contributed by atoms with Crippen LogP contribution in [0.3, 0.4) is 0 Å². The fourth-order valence-electron chi connectivity index (χ4n) is 3.81. The van der Waals surface area contributed by atoms with Gasteiger partial charge in [0.15, 0.2) is 6.79 Å². The van der Waals surface area contributed by atoms with Crippen LogP contribution in [0.5, 0.6) is 11.5 Å². The van der Waals surface area contributed by atoms with Gasteiger partial charge in [-0.05, 0) is 73.1 Å². The van der Waals surface area contributed by atoms with E-state index in [-0.39, 0.29) is 18.6 Å². The zero-order valence-electron chi connectivity index (χ0n) is 21.8. The lowest BCUT2D eigenvalue weighted by Gasteiger charge is -2.20. The molecule has 0 fully saturated rings. The summed E-state index contributed by atoms with van der Waals surface area (Å²) < 4.78 is 16.3. The van der Waals surface area contributed by atoms with Crippen molar-refractivity contribution in [1.82, 2.24) is 4.90 Å². The van der Waals surface area contributed by atoms with Crippen LogP contribution >= 0.6 is 0 Å². The molecule has 0 unspecified atom stereocenters. The second kappa shape index (κ2) is 13.5. The monoisotopic (exact) mass is 488 g/mol. The second-order valence-electron chi connectivity index (χ2n) is 9.01. The first-order valence-corrected chi connectivity index (χ1v) is 12.1. The van der Waals surface area contributed by atoms with Gasteiger partial charge in [0, 0.05) is 19.3 Å². The maximum atomic E-state index is 13.8. The molecule has 0 saturated carbocycles. The molecular weight excluding hydrogens is 452 g/mol. The second-order valence-corrected chi connectivity index (χ2v) is 9.01. The highest BCUT2D eigenvalue weighted by molar-refractivity contribution is 6.31.